The minimum atomic E-state index is 0. The monoisotopic (exact) mass is 573 g/mol. The van der Waals surface area contributed by atoms with E-state index in [0.717, 1.165) is 0 Å². The molecule has 220 valence electrons. The van der Waals surface area contributed by atoms with Crippen molar-refractivity contribution in [1.82, 2.24) is 0 Å². The molecule has 0 amide bonds. The zero-order valence-corrected chi connectivity index (χ0v) is 27.4. The lowest BCUT2D eigenvalue weighted by Crippen LogP contribution is -2.39. The first-order valence-electron chi connectivity index (χ1n) is 17.0. The Bertz CT molecular complexity index is 328. The number of nitrogens with two attached hydrogens (primary N) is 1. The van der Waals surface area contributed by atoms with Crippen LogP contribution in [0.1, 0.15) is 213 Å². The van der Waals surface area contributed by atoms with Gasteiger partial charge in [0, 0.05) is 5.54 Å². The third kappa shape index (κ3) is 29.0. The van der Waals surface area contributed by atoms with Gasteiger partial charge in [0.25, 0.3) is 0 Å². The van der Waals surface area contributed by atoms with Crippen molar-refractivity contribution in [3.05, 3.63) is 0 Å². The van der Waals surface area contributed by atoms with Crippen LogP contribution < -0.4 is 5.73 Å². The van der Waals surface area contributed by atoms with Gasteiger partial charge in [-0.1, -0.05) is 194 Å². The number of halogens is 1. The fraction of sp³-hybridized carbons (Fsp3) is 1.00. The summed E-state index contributed by atoms with van der Waals surface area (Å²) >= 11 is 0. The largest absolute Gasteiger partial charge is 0.325 e. The predicted molar refractivity (Wildman–Crippen MR) is 173 cm³/mol. The van der Waals surface area contributed by atoms with Crippen molar-refractivity contribution in [2.45, 2.75) is 219 Å². The van der Waals surface area contributed by atoms with Gasteiger partial charge in [0.05, 0.1) is 0 Å². The summed E-state index contributed by atoms with van der Waals surface area (Å²) in [4.78, 5) is 0. The zero-order valence-electron chi connectivity index (χ0n) is 25.7. The normalized spacial score (nSPS) is 11.7. The highest BCUT2D eigenvalue weighted by atomic mass is 79.9. The van der Waals surface area contributed by atoms with Crippen LogP contribution in [-0.2, 0) is 0 Å². The van der Waals surface area contributed by atoms with Crippen LogP contribution in [0.15, 0.2) is 0 Å². The Kier molecular flexibility index (Phi) is 33.9. The molecule has 0 aromatic carbocycles. The van der Waals surface area contributed by atoms with Crippen LogP contribution >= 0.6 is 17.0 Å². The van der Waals surface area contributed by atoms with E-state index in [1.807, 2.05) is 0 Å². The molecule has 0 aliphatic carbocycles. The van der Waals surface area contributed by atoms with Crippen molar-refractivity contribution < 1.29 is 0 Å². The van der Waals surface area contributed by atoms with Crippen molar-refractivity contribution in [2.24, 2.45) is 5.73 Å². The Labute approximate surface area is 241 Å². The first-order valence-corrected chi connectivity index (χ1v) is 17.0. The molecule has 0 aliphatic heterocycles. The molecule has 0 aromatic rings. The lowest BCUT2D eigenvalue weighted by atomic mass is 9.82. The summed E-state index contributed by atoms with van der Waals surface area (Å²) in [7, 11) is 0. The molecule has 1 nitrogen and oxygen atoms in total. The van der Waals surface area contributed by atoms with Gasteiger partial charge >= 0.3 is 0 Å². The molecule has 0 aromatic heterocycles. The van der Waals surface area contributed by atoms with E-state index in [1.54, 1.807) is 0 Å². The van der Waals surface area contributed by atoms with Gasteiger partial charge in [0.2, 0.25) is 0 Å². The molecule has 0 fully saturated rings. The van der Waals surface area contributed by atoms with E-state index in [0.29, 0.717) is 0 Å². The smallest absolute Gasteiger partial charge is 0.0154 e. The van der Waals surface area contributed by atoms with Crippen LogP contribution in [0.4, 0.5) is 0 Å². The first kappa shape index (κ1) is 38.6. The summed E-state index contributed by atoms with van der Waals surface area (Å²) in [6.45, 7) is 6.92. The Morgan fingerprint density at radius 1 is 0.306 bits per heavy atom. The van der Waals surface area contributed by atoms with Crippen LogP contribution in [0.3, 0.4) is 0 Å². The fourth-order valence-corrected chi connectivity index (χ4v) is 5.74. The standard InChI is InChI=1S/C34H71N.BrH/c1-4-7-10-13-16-19-22-25-28-31-34(35,32-29-26-23-20-17-14-11-8-5-2)33-30-27-24-21-18-15-12-9-6-3;/h4-33,35H2,1-3H3;1H. The van der Waals surface area contributed by atoms with Gasteiger partial charge in [-0.15, -0.1) is 17.0 Å². The average Bonchev–Trinajstić information content (AvgIpc) is 2.86. The Hall–Kier alpha value is 0.440. The highest BCUT2D eigenvalue weighted by Gasteiger charge is 2.23. The summed E-state index contributed by atoms with van der Waals surface area (Å²) in [5.41, 5.74) is 7.21. The molecule has 0 atom stereocenters. The molecule has 0 unspecified atom stereocenters. The number of unbranched alkanes of at least 4 members (excludes halogenated alkanes) is 24. The molecule has 36 heavy (non-hydrogen) atoms. The zero-order chi connectivity index (χ0) is 25.7. The molecule has 0 radical (unpaired) electrons. The highest BCUT2D eigenvalue weighted by Crippen LogP contribution is 2.27. The molecule has 2 heteroatoms. The summed E-state index contributed by atoms with van der Waals surface area (Å²) < 4.78 is 0. The van der Waals surface area contributed by atoms with Crippen molar-refractivity contribution in [3.8, 4) is 0 Å². The summed E-state index contributed by atoms with van der Waals surface area (Å²) in [5.74, 6) is 0. The van der Waals surface area contributed by atoms with Crippen molar-refractivity contribution in [1.29, 1.82) is 0 Å². The van der Waals surface area contributed by atoms with E-state index in [1.165, 1.54) is 193 Å². The van der Waals surface area contributed by atoms with E-state index in [2.05, 4.69) is 20.8 Å². The quantitative estimate of drug-likeness (QED) is 0.0848. The molecule has 0 aliphatic rings. The third-order valence-corrected chi connectivity index (χ3v) is 8.33. The minimum Gasteiger partial charge on any atom is -0.325 e. The Morgan fingerprint density at radius 2 is 0.472 bits per heavy atom. The fourth-order valence-electron chi connectivity index (χ4n) is 5.74. The summed E-state index contributed by atoms with van der Waals surface area (Å²) in [6.07, 6.45) is 42.1. The van der Waals surface area contributed by atoms with Gasteiger partial charge in [0.1, 0.15) is 0 Å². The lowest BCUT2D eigenvalue weighted by molar-refractivity contribution is 0.302. The van der Waals surface area contributed by atoms with Crippen LogP contribution in [-0.4, -0.2) is 5.54 Å². The van der Waals surface area contributed by atoms with Gasteiger partial charge < -0.3 is 5.73 Å². The van der Waals surface area contributed by atoms with E-state index < -0.39 is 0 Å². The van der Waals surface area contributed by atoms with E-state index in [4.69, 9.17) is 5.73 Å². The second kappa shape index (κ2) is 31.7. The van der Waals surface area contributed by atoms with Crippen molar-refractivity contribution >= 4 is 17.0 Å². The van der Waals surface area contributed by atoms with Gasteiger partial charge in [0.15, 0.2) is 0 Å². The van der Waals surface area contributed by atoms with Gasteiger partial charge in [-0.3, -0.25) is 0 Å². The van der Waals surface area contributed by atoms with Crippen LogP contribution in [0.5, 0.6) is 0 Å². The van der Waals surface area contributed by atoms with Crippen LogP contribution in [0, 0.1) is 0 Å². The number of hydrogen-bond acceptors (Lipinski definition) is 1. The third-order valence-electron chi connectivity index (χ3n) is 8.33. The van der Waals surface area contributed by atoms with Gasteiger partial charge in [-0.05, 0) is 19.3 Å². The lowest BCUT2D eigenvalue weighted by Gasteiger charge is -2.30. The molecule has 0 heterocycles. The molecular weight excluding hydrogens is 502 g/mol. The summed E-state index contributed by atoms with van der Waals surface area (Å²) in [6, 6.07) is 0. The number of rotatable bonds is 30. The minimum absolute atomic E-state index is 0. The predicted octanol–water partition coefficient (Wildman–Crippen LogP) is 13.0. The molecule has 0 bridgehead atoms. The first-order chi connectivity index (χ1) is 17.2. The van der Waals surface area contributed by atoms with Crippen LogP contribution in [0.2, 0.25) is 0 Å². The van der Waals surface area contributed by atoms with Gasteiger partial charge in [-0.25, -0.2) is 0 Å². The molecular formula is C34H72BrN. The van der Waals surface area contributed by atoms with Crippen molar-refractivity contribution in [3.63, 3.8) is 0 Å². The topological polar surface area (TPSA) is 26.0 Å². The SMILES string of the molecule is Br.CCCCCCCCCCCC(N)(CCCCCCCCCCC)CCCCCCCCCCC. The van der Waals surface area contributed by atoms with E-state index in [9.17, 15) is 0 Å². The molecule has 0 saturated heterocycles. The molecule has 2 N–H and O–H groups in total. The van der Waals surface area contributed by atoms with Crippen LogP contribution in [0.25, 0.3) is 0 Å². The Morgan fingerprint density at radius 3 is 0.667 bits per heavy atom. The maximum atomic E-state index is 7.09. The second-order valence-electron chi connectivity index (χ2n) is 12.1. The van der Waals surface area contributed by atoms with Crippen molar-refractivity contribution in [2.75, 3.05) is 0 Å². The Balaban J connectivity index is 0. The maximum Gasteiger partial charge on any atom is 0.0154 e. The molecule has 0 rings (SSSR count). The van der Waals surface area contributed by atoms with E-state index in [-0.39, 0.29) is 22.5 Å². The number of hydrogen-bond donors (Lipinski definition) is 1. The maximum absolute atomic E-state index is 7.09. The molecule has 0 spiro atoms. The summed E-state index contributed by atoms with van der Waals surface area (Å²) in [5, 5.41) is 0. The van der Waals surface area contributed by atoms with E-state index >= 15 is 0 Å². The average molecular weight is 575 g/mol. The highest BCUT2D eigenvalue weighted by molar-refractivity contribution is 8.93. The second-order valence-corrected chi connectivity index (χ2v) is 12.1. The molecule has 0 saturated carbocycles. The van der Waals surface area contributed by atoms with Gasteiger partial charge in [-0.2, -0.15) is 0 Å².